The van der Waals surface area contributed by atoms with Crippen LogP contribution in [-0.2, 0) is 9.47 Å². The monoisotopic (exact) mass is 703 g/mol. The summed E-state index contributed by atoms with van der Waals surface area (Å²) in [6.07, 6.45) is 32.9. The number of aryl methyl sites for hydroxylation is 2. The molecule has 52 heavy (non-hydrogen) atoms. The molecule has 6 fully saturated rings. The topological polar surface area (TPSA) is 44.2 Å². The minimum Gasteiger partial charge on any atom is -0.378 e. The van der Waals surface area contributed by atoms with Crippen LogP contribution in [0.3, 0.4) is 0 Å². The molecule has 0 aromatic carbocycles. The molecule has 280 valence electrons. The van der Waals surface area contributed by atoms with Crippen LogP contribution in [0.25, 0.3) is 11.1 Å². The molecule has 2 aliphatic heterocycles. The number of allylic oxidation sites excluding steroid dienone is 4. The highest BCUT2D eigenvalue weighted by atomic mass is 16.5. The Bertz CT molecular complexity index is 1600. The highest BCUT2D eigenvalue weighted by Crippen LogP contribution is 2.67. The van der Waals surface area contributed by atoms with Gasteiger partial charge in [0.2, 0.25) is 0 Å². The molecule has 0 unspecified atom stereocenters. The molecule has 4 heterocycles. The second-order valence-electron chi connectivity index (χ2n) is 20.0. The Morgan fingerprint density at radius 2 is 0.981 bits per heavy atom. The fourth-order valence-electron chi connectivity index (χ4n) is 14.9. The third-order valence-electron chi connectivity index (χ3n) is 17.5. The van der Waals surface area contributed by atoms with Crippen molar-refractivity contribution in [3.63, 3.8) is 0 Å². The Morgan fingerprint density at radius 3 is 1.40 bits per heavy atom. The predicted octanol–water partition coefficient (Wildman–Crippen LogP) is 11.6. The van der Waals surface area contributed by atoms with Gasteiger partial charge in [0.25, 0.3) is 0 Å². The summed E-state index contributed by atoms with van der Waals surface area (Å²) in [4.78, 5) is 8.97. The molecule has 12 atom stereocenters. The van der Waals surface area contributed by atoms with E-state index in [9.17, 15) is 0 Å². The van der Waals surface area contributed by atoms with Crippen molar-refractivity contribution in [3.8, 4) is 0 Å². The number of fused-ring (bicyclic) bond motifs is 10. The number of hydrogen-bond acceptors (Lipinski definition) is 4. The molecule has 4 saturated carbocycles. The molecule has 6 aliphatic carbocycles. The van der Waals surface area contributed by atoms with E-state index in [1.54, 1.807) is 11.1 Å². The van der Waals surface area contributed by atoms with Gasteiger partial charge < -0.3 is 9.47 Å². The van der Waals surface area contributed by atoms with Crippen LogP contribution in [0.5, 0.6) is 0 Å². The predicted molar refractivity (Wildman–Crippen MR) is 211 cm³/mol. The van der Waals surface area contributed by atoms with Crippen molar-refractivity contribution in [3.05, 3.63) is 71.3 Å². The van der Waals surface area contributed by atoms with Gasteiger partial charge in [-0.1, -0.05) is 39.8 Å². The third-order valence-corrected chi connectivity index (χ3v) is 17.5. The number of nitrogens with zero attached hydrogens (tertiary/aromatic N) is 2. The van der Waals surface area contributed by atoms with Gasteiger partial charge in [-0.05, 0) is 206 Å². The van der Waals surface area contributed by atoms with Crippen LogP contribution in [0.15, 0.2) is 49.1 Å². The van der Waals surface area contributed by atoms with Gasteiger partial charge in [-0.25, -0.2) is 0 Å². The zero-order chi connectivity index (χ0) is 35.9. The molecule has 0 bridgehead atoms. The number of rotatable bonds is 2. The van der Waals surface area contributed by atoms with Gasteiger partial charge in [0.1, 0.15) is 0 Å². The first kappa shape index (κ1) is 35.4. The van der Waals surface area contributed by atoms with Crippen LogP contribution in [0, 0.1) is 71.0 Å². The van der Waals surface area contributed by atoms with E-state index in [1.807, 2.05) is 12.4 Å². The van der Waals surface area contributed by atoms with E-state index < -0.39 is 0 Å². The van der Waals surface area contributed by atoms with Crippen molar-refractivity contribution >= 4 is 11.1 Å². The Balaban J connectivity index is 0.000000138. The molecule has 0 spiro atoms. The van der Waals surface area contributed by atoms with Crippen molar-refractivity contribution in [1.82, 2.24) is 9.97 Å². The molecule has 0 N–H and O–H groups in total. The Kier molecular flexibility index (Phi) is 8.97. The Morgan fingerprint density at radius 1 is 0.538 bits per heavy atom. The minimum absolute atomic E-state index is 0.343. The molecular formula is C48H66N2O2. The Labute approximate surface area is 315 Å². The van der Waals surface area contributed by atoms with Crippen molar-refractivity contribution in [2.75, 3.05) is 13.2 Å². The Hall–Kier alpha value is -2.30. The fourth-order valence-corrected chi connectivity index (χ4v) is 14.9. The SMILES string of the molecule is Cc1cncc(C2=CC[C@H]3[C@@H]4CC[C@@H]5OCCC[C@]5(C)[C@H]4CC[C@]23C)c1.Cc1cncc(C2=CC[C@H]3[C@@H]4CC[C@H]5OCCC[C@]5(C)[C@H]4CC[C@]23C)c1. The van der Waals surface area contributed by atoms with Crippen LogP contribution in [0.4, 0.5) is 0 Å². The molecule has 2 aromatic rings. The molecule has 0 radical (unpaired) electrons. The first-order valence-electron chi connectivity index (χ1n) is 21.5. The summed E-state index contributed by atoms with van der Waals surface area (Å²) >= 11 is 0. The number of hydrogen-bond donors (Lipinski definition) is 0. The molecule has 8 aliphatic rings. The van der Waals surface area contributed by atoms with Crippen LogP contribution in [-0.4, -0.2) is 35.4 Å². The van der Waals surface area contributed by atoms with E-state index in [0.717, 1.165) is 48.7 Å². The second kappa shape index (κ2) is 13.2. The number of aromatic nitrogens is 2. The quantitative estimate of drug-likeness (QED) is 0.312. The summed E-state index contributed by atoms with van der Waals surface area (Å²) in [6.45, 7) is 16.5. The van der Waals surface area contributed by atoms with Gasteiger partial charge in [0.15, 0.2) is 0 Å². The molecule has 4 heteroatoms. The summed E-state index contributed by atoms with van der Waals surface area (Å²) in [5, 5.41) is 0. The number of pyridine rings is 2. The summed E-state index contributed by atoms with van der Waals surface area (Å²) < 4.78 is 12.5. The lowest BCUT2D eigenvalue weighted by atomic mass is 9.47. The van der Waals surface area contributed by atoms with Crippen LogP contribution >= 0.6 is 0 Å². The molecule has 0 amide bonds. The molecule has 4 nitrogen and oxygen atoms in total. The maximum absolute atomic E-state index is 6.25. The zero-order valence-corrected chi connectivity index (χ0v) is 33.3. The van der Waals surface area contributed by atoms with Crippen LogP contribution in [0.1, 0.15) is 140 Å². The van der Waals surface area contributed by atoms with Crippen LogP contribution in [0.2, 0.25) is 0 Å². The van der Waals surface area contributed by atoms with Gasteiger partial charge in [-0.2, -0.15) is 0 Å². The van der Waals surface area contributed by atoms with Crippen molar-refractivity contribution in [1.29, 1.82) is 0 Å². The fraction of sp³-hybridized carbons (Fsp3) is 0.708. The smallest absolute Gasteiger partial charge is 0.0631 e. The lowest BCUT2D eigenvalue weighted by Crippen LogP contribution is -2.55. The lowest BCUT2D eigenvalue weighted by Gasteiger charge is -2.59. The largest absolute Gasteiger partial charge is 0.378 e. The maximum atomic E-state index is 6.25. The maximum Gasteiger partial charge on any atom is 0.0631 e. The average molecular weight is 703 g/mol. The van der Waals surface area contributed by atoms with Gasteiger partial charge in [-0.3, -0.25) is 9.97 Å². The molecular weight excluding hydrogens is 637 g/mol. The van der Waals surface area contributed by atoms with Crippen molar-refractivity contribution in [2.24, 2.45) is 57.2 Å². The van der Waals surface area contributed by atoms with Crippen molar-refractivity contribution in [2.45, 2.75) is 144 Å². The summed E-state index contributed by atoms with van der Waals surface area (Å²) in [5.41, 5.74) is 10.0. The first-order chi connectivity index (χ1) is 25.0. The van der Waals surface area contributed by atoms with Crippen molar-refractivity contribution < 1.29 is 9.47 Å². The van der Waals surface area contributed by atoms with Gasteiger partial charge in [-0.15, -0.1) is 0 Å². The lowest BCUT2D eigenvalue weighted by molar-refractivity contribution is -0.168. The minimum atomic E-state index is 0.343. The van der Waals surface area contributed by atoms with Gasteiger partial charge in [0, 0.05) is 38.0 Å². The van der Waals surface area contributed by atoms with E-state index in [4.69, 9.17) is 9.47 Å². The zero-order valence-electron chi connectivity index (χ0n) is 33.3. The average Bonchev–Trinajstić information content (AvgIpc) is 3.68. The molecule has 2 aromatic heterocycles. The highest BCUT2D eigenvalue weighted by molar-refractivity contribution is 5.73. The van der Waals surface area contributed by atoms with Gasteiger partial charge in [0.05, 0.1) is 12.2 Å². The second-order valence-corrected chi connectivity index (χ2v) is 20.0. The van der Waals surface area contributed by atoms with Crippen LogP contribution < -0.4 is 0 Å². The van der Waals surface area contributed by atoms with E-state index in [2.05, 4.69) is 88.2 Å². The highest BCUT2D eigenvalue weighted by Gasteiger charge is 2.60. The summed E-state index contributed by atoms with van der Waals surface area (Å²) in [5.74, 6) is 5.12. The van der Waals surface area contributed by atoms with Gasteiger partial charge >= 0.3 is 0 Å². The molecule has 10 rings (SSSR count). The molecule has 2 saturated heterocycles. The van der Waals surface area contributed by atoms with E-state index in [1.165, 1.54) is 112 Å². The van der Waals surface area contributed by atoms with E-state index in [-0.39, 0.29) is 0 Å². The van der Waals surface area contributed by atoms with E-state index >= 15 is 0 Å². The third kappa shape index (κ3) is 5.49. The normalized spacial score (nSPS) is 44.7. The first-order valence-corrected chi connectivity index (χ1v) is 21.5. The van der Waals surface area contributed by atoms with E-state index in [0.29, 0.717) is 33.9 Å². The standard InChI is InChI=1S/2C24H33NO/c2*1-16-13-17(15-25-14-16)19-6-7-20-18-5-8-22-24(3,10-4-12-26-22)21(18)9-11-23(19,20)2/h2*6,13-15,18,20-22H,4-5,7-12H2,1-3H3/t18-,20-,21-,22+,23+,24+;18-,20-,21-,22-,23+,24+/m00/s1. The number of ether oxygens (including phenoxy) is 2. The summed E-state index contributed by atoms with van der Waals surface area (Å²) in [7, 11) is 0. The summed E-state index contributed by atoms with van der Waals surface area (Å²) in [6, 6.07) is 4.68.